The van der Waals surface area contributed by atoms with Crippen LogP contribution in [0.5, 0.6) is 0 Å². The van der Waals surface area contributed by atoms with E-state index in [4.69, 9.17) is 5.73 Å². The fraction of sp³-hybridized carbons (Fsp3) is 0.455. The van der Waals surface area contributed by atoms with Gasteiger partial charge in [0.15, 0.2) is 0 Å². The molecule has 92 valence electrons. The van der Waals surface area contributed by atoms with Gasteiger partial charge in [-0.15, -0.1) is 0 Å². The van der Waals surface area contributed by atoms with Crippen molar-refractivity contribution in [2.75, 3.05) is 23.9 Å². The maximum absolute atomic E-state index is 10.7. The summed E-state index contributed by atoms with van der Waals surface area (Å²) in [4.78, 5) is 10.3. The van der Waals surface area contributed by atoms with Gasteiger partial charge in [-0.1, -0.05) is 0 Å². The molecular formula is C11H15N3O2S. The average molecular weight is 253 g/mol. The van der Waals surface area contributed by atoms with Crippen LogP contribution in [0.2, 0.25) is 0 Å². The van der Waals surface area contributed by atoms with Crippen molar-refractivity contribution >= 4 is 28.8 Å². The Hall–Kier alpha value is -1.43. The van der Waals surface area contributed by atoms with Crippen LogP contribution in [-0.2, 0) is 0 Å². The minimum atomic E-state index is -0.428. The average Bonchev–Trinajstić information content (AvgIpc) is 3.06. The number of hydrogen-bond donors (Lipinski definition) is 2. The highest BCUT2D eigenvalue weighted by Crippen LogP contribution is 2.47. The van der Waals surface area contributed by atoms with Crippen molar-refractivity contribution in [2.24, 2.45) is 0 Å². The molecule has 0 spiro atoms. The molecule has 1 aliphatic rings. The summed E-state index contributed by atoms with van der Waals surface area (Å²) in [7, 11) is 0. The largest absolute Gasteiger partial charge is 0.398 e. The van der Waals surface area contributed by atoms with Crippen LogP contribution < -0.4 is 11.1 Å². The van der Waals surface area contributed by atoms with Gasteiger partial charge in [0.1, 0.15) is 0 Å². The Labute approximate surface area is 104 Å². The van der Waals surface area contributed by atoms with Gasteiger partial charge >= 0.3 is 0 Å². The van der Waals surface area contributed by atoms with Crippen LogP contribution in [0, 0.1) is 10.1 Å². The Balaban J connectivity index is 2.07. The second kappa shape index (κ2) is 4.44. The first kappa shape index (κ1) is 12.0. The molecule has 0 aromatic heterocycles. The van der Waals surface area contributed by atoms with Gasteiger partial charge in [-0.25, -0.2) is 0 Å². The Morgan fingerprint density at radius 3 is 2.76 bits per heavy atom. The SMILES string of the molecule is CSC1(CNc2cc(N)cc([N+](=O)[O-])c2)CC1. The summed E-state index contributed by atoms with van der Waals surface area (Å²) in [6, 6.07) is 4.61. The van der Waals surface area contributed by atoms with E-state index in [0.717, 1.165) is 12.2 Å². The van der Waals surface area contributed by atoms with Gasteiger partial charge in [0.05, 0.1) is 4.92 Å². The third kappa shape index (κ3) is 2.82. The molecule has 0 unspecified atom stereocenters. The highest BCUT2D eigenvalue weighted by Gasteiger charge is 2.41. The molecule has 3 N–H and O–H groups in total. The van der Waals surface area contributed by atoms with E-state index in [1.807, 2.05) is 11.8 Å². The van der Waals surface area contributed by atoms with Gasteiger partial charge in [-0.3, -0.25) is 10.1 Å². The molecule has 0 heterocycles. The predicted molar refractivity (Wildman–Crippen MR) is 71.5 cm³/mol. The lowest BCUT2D eigenvalue weighted by Gasteiger charge is -2.14. The molecule has 1 aromatic carbocycles. The molecule has 17 heavy (non-hydrogen) atoms. The molecule has 0 atom stereocenters. The molecule has 6 heteroatoms. The second-order valence-corrected chi connectivity index (χ2v) is 5.59. The van der Waals surface area contributed by atoms with Crippen molar-refractivity contribution in [2.45, 2.75) is 17.6 Å². The van der Waals surface area contributed by atoms with E-state index < -0.39 is 4.92 Å². The van der Waals surface area contributed by atoms with Crippen LogP contribution in [0.4, 0.5) is 17.1 Å². The first-order chi connectivity index (χ1) is 8.04. The molecule has 0 bridgehead atoms. The lowest BCUT2D eigenvalue weighted by atomic mass is 10.2. The molecule has 0 aliphatic heterocycles. The molecule has 1 aliphatic carbocycles. The number of nitro groups is 1. The minimum Gasteiger partial charge on any atom is -0.398 e. The van der Waals surface area contributed by atoms with Gasteiger partial charge in [0.2, 0.25) is 0 Å². The van der Waals surface area contributed by atoms with Crippen molar-refractivity contribution in [3.63, 3.8) is 0 Å². The van der Waals surface area contributed by atoms with Gasteiger partial charge < -0.3 is 11.1 Å². The lowest BCUT2D eigenvalue weighted by Crippen LogP contribution is -2.17. The van der Waals surface area contributed by atoms with Crippen LogP contribution in [0.1, 0.15) is 12.8 Å². The van der Waals surface area contributed by atoms with Crippen LogP contribution in [-0.4, -0.2) is 22.5 Å². The summed E-state index contributed by atoms with van der Waals surface area (Å²) in [5.41, 5.74) is 6.80. The number of anilines is 2. The molecule has 0 saturated heterocycles. The minimum absolute atomic E-state index is 0.0292. The monoisotopic (exact) mass is 253 g/mol. The Bertz CT molecular complexity index is 446. The topological polar surface area (TPSA) is 81.2 Å². The van der Waals surface area contributed by atoms with E-state index in [1.165, 1.54) is 25.0 Å². The molecule has 0 radical (unpaired) electrons. The second-order valence-electron chi connectivity index (χ2n) is 4.31. The normalized spacial score (nSPS) is 16.5. The van der Waals surface area contributed by atoms with Crippen molar-refractivity contribution < 1.29 is 4.92 Å². The Morgan fingerprint density at radius 1 is 1.53 bits per heavy atom. The standard InChI is InChI=1S/C11H15N3O2S/c1-17-11(2-3-11)7-13-9-4-8(12)5-10(6-9)14(15)16/h4-6,13H,2-3,7,12H2,1H3. The molecule has 0 amide bonds. The van der Waals surface area contributed by atoms with Gasteiger partial charge in [0.25, 0.3) is 5.69 Å². The van der Waals surface area contributed by atoms with Gasteiger partial charge in [-0.2, -0.15) is 11.8 Å². The third-order valence-corrected chi connectivity index (χ3v) is 4.42. The summed E-state index contributed by atoms with van der Waals surface area (Å²) >= 11 is 1.84. The van der Waals surface area contributed by atoms with E-state index in [0.29, 0.717) is 10.4 Å². The number of benzene rings is 1. The Kier molecular flexibility index (Phi) is 3.15. The summed E-state index contributed by atoms with van der Waals surface area (Å²) in [6.45, 7) is 0.828. The smallest absolute Gasteiger partial charge is 0.273 e. The zero-order valence-corrected chi connectivity index (χ0v) is 10.4. The van der Waals surface area contributed by atoms with Gasteiger partial charge in [-0.05, 0) is 25.2 Å². The van der Waals surface area contributed by atoms with E-state index in [9.17, 15) is 10.1 Å². The summed E-state index contributed by atoms with van der Waals surface area (Å²) in [5.74, 6) is 0. The van der Waals surface area contributed by atoms with Crippen LogP contribution >= 0.6 is 11.8 Å². The fourth-order valence-electron chi connectivity index (χ4n) is 1.70. The zero-order valence-electron chi connectivity index (χ0n) is 9.60. The third-order valence-electron chi connectivity index (χ3n) is 3.01. The number of thioether (sulfide) groups is 1. The first-order valence-corrected chi connectivity index (χ1v) is 6.61. The van der Waals surface area contributed by atoms with Crippen LogP contribution in [0.3, 0.4) is 0 Å². The molecule has 1 aromatic rings. The van der Waals surface area contributed by atoms with Crippen LogP contribution in [0.15, 0.2) is 18.2 Å². The molecule has 1 saturated carbocycles. The number of nitrogen functional groups attached to an aromatic ring is 1. The van der Waals surface area contributed by atoms with Crippen molar-refractivity contribution in [1.82, 2.24) is 0 Å². The number of non-ortho nitro benzene ring substituents is 1. The van der Waals surface area contributed by atoms with Gasteiger partial charge in [0, 0.05) is 34.8 Å². The van der Waals surface area contributed by atoms with Crippen molar-refractivity contribution in [3.8, 4) is 0 Å². The summed E-state index contributed by atoms with van der Waals surface area (Å²) in [5, 5.41) is 13.9. The zero-order chi connectivity index (χ0) is 12.5. The van der Waals surface area contributed by atoms with Crippen molar-refractivity contribution in [1.29, 1.82) is 0 Å². The molecular weight excluding hydrogens is 238 g/mol. The molecule has 1 fully saturated rings. The fourth-order valence-corrected chi connectivity index (χ4v) is 2.42. The van der Waals surface area contributed by atoms with Crippen LogP contribution in [0.25, 0.3) is 0 Å². The van der Waals surface area contributed by atoms with E-state index in [-0.39, 0.29) is 5.69 Å². The molecule has 2 rings (SSSR count). The number of rotatable bonds is 5. The first-order valence-electron chi connectivity index (χ1n) is 5.39. The Morgan fingerprint density at radius 2 is 2.24 bits per heavy atom. The lowest BCUT2D eigenvalue weighted by molar-refractivity contribution is -0.384. The number of nitrogens with one attached hydrogen (secondary N) is 1. The van der Waals surface area contributed by atoms with Crippen molar-refractivity contribution in [3.05, 3.63) is 28.3 Å². The summed E-state index contributed by atoms with van der Waals surface area (Å²) in [6.07, 6.45) is 4.49. The number of nitro benzene ring substituents is 1. The maximum atomic E-state index is 10.7. The predicted octanol–water partition coefficient (Wildman–Crippen LogP) is 2.48. The highest BCUT2D eigenvalue weighted by atomic mass is 32.2. The van der Waals surface area contributed by atoms with E-state index in [1.54, 1.807) is 6.07 Å². The number of hydrogen-bond acceptors (Lipinski definition) is 5. The quantitative estimate of drug-likeness (QED) is 0.478. The van der Waals surface area contributed by atoms with E-state index >= 15 is 0 Å². The molecule has 5 nitrogen and oxygen atoms in total. The van der Waals surface area contributed by atoms with E-state index in [2.05, 4.69) is 11.6 Å². The number of nitrogens with two attached hydrogens (primary N) is 1. The maximum Gasteiger partial charge on any atom is 0.273 e. The summed E-state index contributed by atoms with van der Waals surface area (Å²) < 4.78 is 0.319. The highest BCUT2D eigenvalue weighted by molar-refractivity contribution is 8.00. The number of nitrogens with zero attached hydrogens (tertiary/aromatic N) is 1.